The number of rotatable bonds is 7. The lowest BCUT2D eigenvalue weighted by Gasteiger charge is -2.05. The Morgan fingerprint density at radius 2 is 1.84 bits per heavy atom. The first kappa shape index (κ1) is 17.2. The van der Waals surface area contributed by atoms with Gasteiger partial charge in [-0.1, -0.05) is 30.3 Å². The molecule has 0 saturated heterocycles. The highest BCUT2D eigenvalue weighted by Gasteiger charge is 2.04. The van der Waals surface area contributed by atoms with Crippen LogP contribution in [-0.4, -0.2) is 28.0 Å². The second kappa shape index (κ2) is 8.48. The minimum atomic E-state index is -0.275. The van der Waals surface area contributed by atoms with E-state index in [0.29, 0.717) is 18.8 Å². The van der Waals surface area contributed by atoms with Crippen molar-refractivity contribution in [3.8, 4) is 11.1 Å². The van der Waals surface area contributed by atoms with Crippen molar-refractivity contribution in [1.82, 2.24) is 15.1 Å². The molecule has 1 aromatic heterocycles. The van der Waals surface area contributed by atoms with Crippen LogP contribution in [-0.2, 0) is 11.3 Å². The van der Waals surface area contributed by atoms with Crippen LogP contribution in [0.1, 0.15) is 0 Å². The Balaban J connectivity index is 1.41. The maximum atomic E-state index is 12.8. The highest BCUT2D eigenvalue weighted by atomic mass is 32.2. The Kier molecular flexibility index (Phi) is 5.85. The summed E-state index contributed by atoms with van der Waals surface area (Å²) in [5.74, 6) is -0.0207. The Bertz CT molecular complexity index is 818. The summed E-state index contributed by atoms with van der Waals surface area (Å²) in [5, 5.41) is 7.18. The topological polar surface area (TPSA) is 46.9 Å². The number of nitrogens with one attached hydrogen (secondary N) is 1. The Labute approximate surface area is 150 Å². The van der Waals surface area contributed by atoms with Crippen molar-refractivity contribution in [3.05, 3.63) is 72.8 Å². The van der Waals surface area contributed by atoms with Gasteiger partial charge in [0.15, 0.2) is 0 Å². The largest absolute Gasteiger partial charge is 0.354 e. The predicted molar refractivity (Wildman–Crippen MR) is 97.8 cm³/mol. The van der Waals surface area contributed by atoms with Gasteiger partial charge >= 0.3 is 0 Å². The van der Waals surface area contributed by atoms with Crippen molar-refractivity contribution in [2.75, 3.05) is 12.3 Å². The molecule has 0 atom stereocenters. The third-order valence-corrected chi connectivity index (χ3v) is 4.60. The molecule has 0 radical (unpaired) electrons. The lowest BCUT2D eigenvalue weighted by atomic mass is 10.1. The van der Waals surface area contributed by atoms with E-state index in [-0.39, 0.29) is 11.7 Å². The summed E-state index contributed by atoms with van der Waals surface area (Å²) in [6.07, 6.45) is 3.79. The van der Waals surface area contributed by atoms with Gasteiger partial charge in [0.05, 0.1) is 18.5 Å². The van der Waals surface area contributed by atoms with E-state index < -0.39 is 0 Å². The number of carbonyl (C=O) groups is 1. The van der Waals surface area contributed by atoms with Gasteiger partial charge in [-0.25, -0.2) is 4.39 Å². The quantitative estimate of drug-likeness (QED) is 0.659. The average molecular weight is 355 g/mol. The number of aromatic nitrogens is 2. The molecule has 25 heavy (non-hydrogen) atoms. The normalized spacial score (nSPS) is 10.6. The van der Waals surface area contributed by atoms with Gasteiger partial charge in [0.25, 0.3) is 0 Å². The Morgan fingerprint density at radius 3 is 2.60 bits per heavy atom. The summed E-state index contributed by atoms with van der Waals surface area (Å²) in [4.78, 5) is 12.7. The van der Waals surface area contributed by atoms with Crippen molar-refractivity contribution in [2.45, 2.75) is 11.4 Å². The van der Waals surface area contributed by atoms with E-state index in [1.165, 1.54) is 23.9 Å². The molecule has 0 aliphatic heterocycles. The van der Waals surface area contributed by atoms with E-state index in [0.717, 1.165) is 16.0 Å². The van der Waals surface area contributed by atoms with Gasteiger partial charge < -0.3 is 5.32 Å². The molecule has 2 aromatic carbocycles. The minimum Gasteiger partial charge on any atom is -0.354 e. The van der Waals surface area contributed by atoms with Crippen molar-refractivity contribution >= 4 is 17.7 Å². The number of amides is 1. The number of thioether (sulfide) groups is 1. The highest BCUT2D eigenvalue weighted by Crippen LogP contribution is 2.18. The summed E-state index contributed by atoms with van der Waals surface area (Å²) >= 11 is 1.38. The van der Waals surface area contributed by atoms with E-state index in [4.69, 9.17) is 0 Å². The maximum absolute atomic E-state index is 12.8. The molecule has 6 heteroatoms. The molecule has 1 heterocycles. The molecule has 0 aliphatic rings. The van der Waals surface area contributed by atoms with Crippen LogP contribution in [0.25, 0.3) is 11.1 Å². The molecule has 0 aliphatic carbocycles. The van der Waals surface area contributed by atoms with E-state index in [1.54, 1.807) is 12.1 Å². The Hall–Kier alpha value is -2.60. The van der Waals surface area contributed by atoms with Crippen LogP contribution < -0.4 is 5.32 Å². The lowest BCUT2D eigenvalue weighted by molar-refractivity contribution is -0.118. The number of hydrogen-bond acceptors (Lipinski definition) is 3. The first-order chi connectivity index (χ1) is 12.2. The molecule has 0 spiro atoms. The zero-order valence-corrected chi connectivity index (χ0v) is 14.4. The number of halogens is 1. The zero-order valence-electron chi connectivity index (χ0n) is 13.6. The van der Waals surface area contributed by atoms with Gasteiger partial charge in [-0.05, 0) is 29.8 Å². The van der Waals surface area contributed by atoms with E-state index in [1.807, 2.05) is 47.4 Å². The van der Waals surface area contributed by atoms with E-state index >= 15 is 0 Å². The molecular weight excluding hydrogens is 337 g/mol. The highest BCUT2D eigenvalue weighted by molar-refractivity contribution is 8.00. The maximum Gasteiger partial charge on any atom is 0.230 e. The average Bonchev–Trinajstić information content (AvgIpc) is 3.11. The first-order valence-electron chi connectivity index (χ1n) is 7.94. The van der Waals surface area contributed by atoms with Crippen LogP contribution in [0.3, 0.4) is 0 Å². The molecule has 3 rings (SSSR count). The molecule has 4 nitrogen and oxygen atoms in total. The van der Waals surface area contributed by atoms with Gasteiger partial charge in [-0.15, -0.1) is 11.8 Å². The predicted octanol–water partition coefficient (Wildman–Crippen LogP) is 3.60. The molecule has 1 amide bonds. The lowest BCUT2D eigenvalue weighted by Crippen LogP contribution is -2.28. The fourth-order valence-electron chi connectivity index (χ4n) is 2.31. The second-order valence-electron chi connectivity index (χ2n) is 5.45. The standard InChI is InChI=1S/C19H18FN3OS/c20-17-6-8-18(9-7-17)25-14-19(24)21-10-11-23-13-16(12-22-23)15-4-2-1-3-5-15/h1-9,12-13H,10-11,14H2,(H,21,24). The summed E-state index contributed by atoms with van der Waals surface area (Å²) in [5.41, 5.74) is 2.17. The molecule has 0 saturated carbocycles. The van der Waals surface area contributed by atoms with Gasteiger partial charge in [-0.2, -0.15) is 5.10 Å². The van der Waals surface area contributed by atoms with Crippen molar-refractivity contribution in [2.24, 2.45) is 0 Å². The number of carbonyl (C=O) groups excluding carboxylic acids is 1. The van der Waals surface area contributed by atoms with Crippen molar-refractivity contribution < 1.29 is 9.18 Å². The molecule has 0 fully saturated rings. The fraction of sp³-hybridized carbons (Fsp3) is 0.158. The third kappa shape index (κ3) is 5.19. The number of hydrogen-bond donors (Lipinski definition) is 1. The van der Waals surface area contributed by atoms with Crippen LogP contribution >= 0.6 is 11.8 Å². The van der Waals surface area contributed by atoms with Crippen molar-refractivity contribution in [3.63, 3.8) is 0 Å². The molecule has 0 unspecified atom stereocenters. The van der Waals surface area contributed by atoms with Gasteiger partial charge in [-0.3, -0.25) is 9.48 Å². The van der Waals surface area contributed by atoms with Crippen LogP contribution in [0.15, 0.2) is 71.9 Å². The molecular formula is C19H18FN3OS. The van der Waals surface area contributed by atoms with Gasteiger partial charge in [0.1, 0.15) is 5.82 Å². The second-order valence-corrected chi connectivity index (χ2v) is 6.50. The van der Waals surface area contributed by atoms with Crippen LogP contribution in [0.2, 0.25) is 0 Å². The third-order valence-electron chi connectivity index (χ3n) is 3.59. The molecule has 1 N–H and O–H groups in total. The van der Waals surface area contributed by atoms with Crippen LogP contribution in [0.5, 0.6) is 0 Å². The minimum absolute atomic E-state index is 0.0511. The smallest absolute Gasteiger partial charge is 0.230 e. The summed E-state index contributed by atoms with van der Waals surface area (Å²) in [7, 11) is 0. The summed E-state index contributed by atoms with van der Waals surface area (Å²) in [6, 6.07) is 16.2. The molecule has 3 aromatic rings. The number of benzene rings is 2. The first-order valence-corrected chi connectivity index (χ1v) is 8.92. The summed E-state index contributed by atoms with van der Waals surface area (Å²) < 4.78 is 14.6. The SMILES string of the molecule is O=C(CSc1ccc(F)cc1)NCCn1cc(-c2ccccc2)cn1. The van der Waals surface area contributed by atoms with Crippen LogP contribution in [0.4, 0.5) is 4.39 Å². The van der Waals surface area contributed by atoms with Crippen LogP contribution in [0, 0.1) is 5.82 Å². The van der Waals surface area contributed by atoms with Gasteiger partial charge in [0.2, 0.25) is 5.91 Å². The van der Waals surface area contributed by atoms with E-state index in [9.17, 15) is 9.18 Å². The van der Waals surface area contributed by atoms with E-state index in [2.05, 4.69) is 10.4 Å². The molecule has 0 bridgehead atoms. The Morgan fingerprint density at radius 1 is 1.08 bits per heavy atom. The monoisotopic (exact) mass is 355 g/mol. The molecule has 128 valence electrons. The zero-order chi connectivity index (χ0) is 17.5. The van der Waals surface area contributed by atoms with Crippen molar-refractivity contribution in [1.29, 1.82) is 0 Å². The fourth-order valence-corrected chi connectivity index (χ4v) is 3.03. The number of nitrogens with zero attached hydrogens (tertiary/aromatic N) is 2. The van der Waals surface area contributed by atoms with Gasteiger partial charge in [0, 0.05) is 23.2 Å². The summed E-state index contributed by atoms with van der Waals surface area (Å²) in [6.45, 7) is 1.12.